The lowest BCUT2D eigenvalue weighted by atomic mass is 10.1. The van der Waals surface area contributed by atoms with E-state index < -0.39 is 0 Å². The van der Waals surface area contributed by atoms with Crippen LogP contribution in [0.3, 0.4) is 0 Å². The molecule has 0 bridgehead atoms. The highest BCUT2D eigenvalue weighted by molar-refractivity contribution is 5.95. The molecule has 0 saturated heterocycles. The number of anilines is 1. The van der Waals surface area contributed by atoms with Crippen LogP contribution in [0.1, 0.15) is 13.8 Å². The van der Waals surface area contributed by atoms with E-state index in [2.05, 4.69) is 34.9 Å². The molecule has 8 heteroatoms. The van der Waals surface area contributed by atoms with Crippen molar-refractivity contribution in [1.29, 1.82) is 0 Å². The fourth-order valence-corrected chi connectivity index (χ4v) is 3.56. The van der Waals surface area contributed by atoms with Crippen LogP contribution >= 0.6 is 24.8 Å². The molecule has 6 nitrogen and oxygen atoms in total. The van der Waals surface area contributed by atoms with Crippen molar-refractivity contribution in [2.45, 2.75) is 13.8 Å². The molecule has 37 heavy (non-hydrogen) atoms. The van der Waals surface area contributed by atoms with Crippen molar-refractivity contribution in [2.24, 2.45) is 4.99 Å². The number of benzene rings is 4. The summed E-state index contributed by atoms with van der Waals surface area (Å²) in [4.78, 5) is 4.75. The topological polar surface area (TPSA) is 64.1 Å². The van der Waals surface area contributed by atoms with Crippen LogP contribution in [-0.2, 0) is 0 Å². The van der Waals surface area contributed by atoms with Gasteiger partial charge >= 0.3 is 0 Å². The number of aliphatic imine (C=N–C) groups is 1. The Balaban J connectivity index is 0.00000241. The summed E-state index contributed by atoms with van der Waals surface area (Å²) in [6, 6.07) is 29.9. The molecule has 4 aromatic rings. The van der Waals surface area contributed by atoms with Crippen LogP contribution in [0.2, 0.25) is 0 Å². The second kappa shape index (κ2) is 15.5. The quantitative estimate of drug-likeness (QED) is 0.126. The van der Waals surface area contributed by atoms with Crippen molar-refractivity contribution < 1.29 is 14.2 Å². The van der Waals surface area contributed by atoms with Crippen LogP contribution in [-0.4, -0.2) is 32.3 Å². The molecule has 0 fully saturated rings. The molecule has 0 saturated carbocycles. The van der Waals surface area contributed by atoms with Gasteiger partial charge in [0.1, 0.15) is 23.9 Å². The van der Waals surface area contributed by atoms with Gasteiger partial charge in [0.2, 0.25) is 5.96 Å². The molecule has 4 aromatic carbocycles. The first-order valence-electron chi connectivity index (χ1n) is 11.9. The third kappa shape index (κ3) is 9.08. The average molecular weight is 543 g/mol. The molecule has 0 unspecified atom stereocenters. The SMILES string of the molecule is CCOc1ccc(/N=C(\NCCOc2ccc3ccccc3c2)Nc2ccc(OCC)cc2)cc1.Cl.Cl. The first-order chi connectivity index (χ1) is 17.2. The maximum absolute atomic E-state index is 5.97. The lowest BCUT2D eigenvalue weighted by Gasteiger charge is -2.14. The third-order valence-corrected chi connectivity index (χ3v) is 5.20. The van der Waals surface area contributed by atoms with Gasteiger partial charge in [-0.3, -0.25) is 0 Å². The zero-order chi connectivity index (χ0) is 24.3. The highest BCUT2D eigenvalue weighted by atomic mass is 35.5. The molecule has 0 radical (unpaired) electrons. The van der Waals surface area contributed by atoms with Crippen molar-refractivity contribution >= 4 is 52.9 Å². The lowest BCUT2D eigenvalue weighted by molar-refractivity contribution is 0.323. The number of halogens is 2. The fourth-order valence-electron chi connectivity index (χ4n) is 3.56. The van der Waals surface area contributed by atoms with Crippen LogP contribution in [0.15, 0.2) is 96.0 Å². The summed E-state index contributed by atoms with van der Waals surface area (Å²) in [5.41, 5.74) is 1.71. The third-order valence-electron chi connectivity index (χ3n) is 5.20. The van der Waals surface area contributed by atoms with Crippen molar-refractivity contribution in [3.05, 3.63) is 91.0 Å². The normalized spacial score (nSPS) is 10.6. The largest absolute Gasteiger partial charge is 0.494 e. The molecule has 0 aromatic heterocycles. The maximum atomic E-state index is 5.97. The highest BCUT2D eigenvalue weighted by Gasteiger charge is 2.04. The molecule has 4 rings (SSSR count). The molecular formula is C29H33Cl2N3O3. The Morgan fingerprint density at radius 2 is 1.27 bits per heavy atom. The summed E-state index contributed by atoms with van der Waals surface area (Å²) < 4.78 is 17.0. The lowest BCUT2D eigenvalue weighted by Crippen LogP contribution is -2.33. The van der Waals surface area contributed by atoms with Crippen LogP contribution in [0.25, 0.3) is 10.8 Å². The Morgan fingerprint density at radius 3 is 1.92 bits per heavy atom. The number of hydrogen-bond donors (Lipinski definition) is 2. The molecule has 0 aliphatic carbocycles. The molecule has 0 atom stereocenters. The van der Waals surface area contributed by atoms with E-state index in [1.165, 1.54) is 5.39 Å². The fraction of sp³-hybridized carbons (Fsp3) is 0.207. The highest BCUT2D eigenvalue weighted by Crippen LogP contribution is 2.21. The monoisotopic (exact) mass is 541 g/mol. The van der Waals surface area contributed by atoms with Crippen molar-refractivity contribution in [3.63, 3.8) is 0 Å². The van der Waals surface area contributed by atoms with Gasteiger partial charge in [0, 0.05) is 5.69 Å². The molecule has 0 spiro atoms. The Morgan fingerprint density at radius 1 is 0.676 bits per heavy atom. The molecule has 196 valence electrons. The Labute approximate surface area is 230 Å². The number of rotatable bonds is 10. The molecule has 2 N–H and O–H groups in total. The number of guanidine groups is 1. The van der Waals surface area contributed by atoms with Crippen LogP contribution in [0.4, 0.5) is 11.4 Å². The Kier molecular flexibility index (Phi) is 12.4. The molecule has 0 amide bonds. The summed E-state index contributed by atoms with van der Waals surface area (Å²) >= 11 is 0. The summed E-state index contributed by atoms with van der Waals surface area (Å²) in [5.74, 6) is 3.12. The first-order valence-corrected chi connectivity index (χ1v) is 11.9. The second-order valence-electron chi connectivity index (χ2n) is 7.75. The zero-order valence-electron chi connectivity index (χ0n) is 21.0. The van der Waals surface area contributed by atoms with E-state index in [0.717, 1.165) is 34.0 Å². The zero-order valence-corrected chi connectivity index (χ0v) is 22.6. The van der Waals surface area contributed by atoms with Crippen LogP contribution in [0, 0.1) is 0 Å². The summed E-state index contributed by atoms with van der Waals surface area (Å²) in [6.07, 6.45) is 0. The van der Waals surface area contributed by atoms with E-state index in [1.54, 1.807) is 0 Å². The van der Waals surface area contributed by atoms with Crippen molar-refractivity contribution in [1.82, 2.24) is 5.32 Å². The minimum Gasteiger partial charge on any atom is -0.494 e. The number of fused-ring (bicyclic) bond motifs is 1. The van der Waals surface area contributed by atoms with E-state index in [9.17, 15) is 0 Å². The molecule has 0 aliphatic heterocycles. The molecular weight excluding hydrogens is 509 g/mol. The van der Waals surface area contributed by atoms with E-state index in [0.29, 0.717) is 32.3 Å². The smallest absolute Gasteiger partial charge is 0.201 e. The van der Waals surface area contributed by atoms with Gasteiger partial charge in [-0.25, -0.2) is 4.99 Å². The molecule has 0 heterocycles. The predicted molar refractivity (Wildman–Crippen MR) is 158 cm³/mol. The second-order valence-corrected chi connectivity index (χ2v) is 7.75. The van der Waals surface area contributed by atoms with Crippen LogP contribution in [0.5, 0.6) is 17.2 Å². The van der Waals surface area contributed by atoms with Gasteiger partial charge in [-0.1, -0.05) is 30.3 Å². The van der Waals surface area contributed by atoms with Gasteiger partial charge in [0.15, 0.2) is 0 Å². The Bertz CT molecular complexity index is 1250. The number of hydrogen-bond acceptors (Lipinski definition) is 4. The predicted octanol–water partition coefficient (Wildman–Crippen LogP) is 7.25. The Hall–Kier alpha value is -3.61. The number of nitrogens with one attached hydrogen (secondary N) is 2. The summed E-state index contributed by atoms with van der Waals surface area (Å²) in [5, 5.41) is 9.07. The van der Waals surface area contributed by atoms with Gasteiger partial charge < -0.3 is 24.8 Å². The van der Waals surface area contributed by atoms with Gasteiger partial charge in [0.05, 0.1) is 25.4 Å². The van der Waals surface area contributed by atoms with E-state index in [1.807, 2.05) is 80.6 Å². The maximum Gasteiger partial charge on any atom is 0.201 e. The first kappa shape index (κ1) is 29.6. The van der Waals surface area contributed by atoms with Crippen molar-refractivity contribution in [2.75, 3.05) is 31.7 Å². The van der Waals surface area contributed by atoms with E-state index in [-0.39, 0.29) is 24.8 Å². The summed E-state index contributed by atoms with van der Waals surface area (Å²) in [7, 11) is 0. The summed E-state index contributed by atoms with van der Waals surface area (Å²) in [6.45, 7) is 6.27. The average Bonchev–Trinajstić information content (AvgIpc) is 2.89. The minimum atomic E-state index is 0. The van der Waals surface area contributed by atoms with Gasteiger partial charge in [-0.15, -0.1) is 24.8 Å². The van der Waals surface area contributed by atoms with E-state index >= 15 is 0 Å². The minimum absolute atomic E-state index is 0. The van der Waals surface area contributed by atoms with Crippen LogP contribution < -0.4 is 24.8 Å². The van der Waals surface area contributed by atoms with Gasteiger partial charge in [-0.05, 0) is 85.3 Å². The number of nitrogens with zero attached hydrogens (tertiary/aromatic N) is 1. The standard InChI is InChI=1S/C29H31N3O3.2ClH/c1-3-33-26-15-10-24(11-16-26)31-29(32-25-12-17-27(18-13-25)34-4-2)30-19-20-35-28-14-9-22-7-5-6-8-23(22)21-28;;/h5-18,21H,3-4,19-20H2,1-2H3,(H2,30,31,32);2*1H. The molecule has 0 aliphatic rings. The van der Waals surface area contributed by atoms with Gasteiger partial charge in [-0.2, -0.15) is 0 Å². The van der Waals surface area contributed by atoms with E-state index in [4.69, 9.17) is 19.2 Å². The number of ether oxygens (including phenoxy) is 3. The van der Waals surface area contributed by atoms with Crippen molar-refractivity contribution in [3.8, 4) is 17.2 Å². The van der Waals surface area contributed by atoms with Gasteiger partial charge in [0.25, 0.3) is 0 Å².